The van der Waals surface area contributed by atoms with Crippen molar-refractivity contribution in [2.45, 2.75) is 13.8 Å². The van der Waals surface area contributed by atoms with Crippen LogP contribution in [0.4, 0.5) is 11.4 Å². The fourth-order valence-electron chi connectivity index (χ4n) is 2.29. The summed E-state index contributed by atoms with van der Waals surface area (Å²) in [4.78, 5) is 22.9. The molecule has 0 saturated heterocycles. The summed E-state index contributed by atoms with van der Waals surface area (Å²) in [5.41, 5.74) is 0.427. The second-order valence-electron chi connectivity index (χ2n) is 6.44. The third-order valence-electron chi connectivity index (χ3n) is 3.58. The number of nitrogens with one attached hydrogen (secondary N) is 1. The lowest BCUT2D eigenvalue weighted by molar-refractivity contribution is -0.384. The quantitative estimate of drug-likeness (QED) is 0.217. The van der Waals surface area contributed by atoms with Crippen molar-refractivity contribution in [1.82, 2.24) is 0 Å². The van der Waals surface area contributed by atoms with Crippen LogP contribution in [0.1, 0.15) is 19.4 Å². The van der Waals surface area contributed by atoms with E-state index in [-0.39, 0.29) is 22.9 Å². The van der Waals surface area contributed by atoms with E-state index in [1.54, 1.807) is 6.07 Å². The SMILES string of the molecule is CC(C)COc1c(Br)cc(Br)cc1/C=C(\C#N)C(=O)Nc1cccc([N+](=O)[O-])c1. The second kappa shape index (κ2) is 10.2. The van der Waals surface area contributed by atoms with E-state index in [0.717, 1.165) is 4.47 Å². The molecule has 150 valence electrons. The van der Waals surface area contributed by atoms with Gasteiger partial charge in [-0.15, -0.1) is 0 Å². The number of benzene rings is 2. The molecule has 0 spiro atoms. The van der Waals surface area contributed by atoms with Crippen molar-refractivity contribution in [1.29, 1.82) is 5.26 Å². The molecular weight excluding hydrogens is 506 g/mol. The zero-order valence-corrected chi connectivity index (χ0v) is 18.8. The summed E-state index contributed by atoms with van der Waals surface area (Å²) in [6.45, 7) is 4.48. The van der Waals surface area contributed by atoms with Crippen molar-refractivity contribution in [3.8, 4) is 11.8 Å². The number of hydrogen-bond acceptors (Lipinski definition) is 5. The van der Waals surface area contributed by atoms with Gasteiger partial charge in [-0.25, -0.2) is 0 Å². The zero-order chi connectivity index (χ0) is 21.6. The summed E-state index contributed by atoms with van der Waals surface area (Å²) in [5, 5.41) is 22.9. The Morgan fingerprint density at radius 3 is 2.69 bits per heavy atom. The number of halogens is 2. The smallest absolute Gasteiger partial charge is 0.271 e. The predicted molar refractivity (Wildman–Crippen MR) is 117 cm³/mol. The largest absolute Gasteiger partial charge is 0.492 e. The lowest BCUT2D eigenvalue weighted by Gasteiger charge is -2.14. The molecular formula is C20H17Br2N3O4. The van der Waals surface area contributed by atoms with Gasteiger partial charge in [-0.3, -0.25) is 14.9 Å². The molecule has 7 nitrogen and oxygen atoms in total. The number of nitro groups is 1. The number of carbonyl (C=O) groups excluding carboxylic acids is 1. The van der Waals surface area contributed by atoms with Crippen LogP contribution in [0.15, 0.2) is 50.9 Å². The first-order valence-electron chi connectivity index (χ1n) is 8.50. The molecule has 9 heteroatoms. The van der Waals surface area contributed by atoms with Gasteiger partial charge in [-0.2, -0.15) is 5.26 Å². The van der Waals surface area contributed by atoms with Gasteiger partial charge in [0.15, 0.2) is 0 Å². The minimum atomic E-state index is -0.682. The molecule has 0 aliphatic rings. The minimum Gasteiger partial charge on any atom is -0.492 e. The molecule has 0 saturated carbocycles. The number of carbonyl (C=O) groups is 1. The van der Waals surface area contributed by atoms with Crippen LogP contribution in [0, 0.1) is 27.4 Å². The summed E-state index contributed by atoms with van der Waals surface area (Å²) in [6.07, 6.45) is 1.41. The van der Waals surface area contributed by atoms with Crippen molar-refractivity contribution in [2.24, 2.45) is 5.92 Å². The summed E-state index contributed by atoms with van der Waals surface area (Å²) in [7, 11) is 0. The summed E-state index contributed by atoms with van der Waals surface area (Å²) in [5.74, 6) is 0.117. The standard InChI is InChI=1S/C20H17Br2N3O4/c1-12(2)11-29-19-13(7-15(21)8-18(19)22)6-14(10-23)20(26)24-16-4-3-5-17(9-16)25(27)28/h3-9,12H,11H2,1-2H3,(H,24,26)/b14-6+. The number of amides is 1. The third kappa shape index (κ3) is 6.41. The van der Waals surface area contributed by atoms with E-state index in [9.17, 15) is 20.2 Å². The molecule has 0 aliphatic carbocycles. The number of ether oxygens (including phenoxy) is 1. The van der Waals surface area contributed by atoms with E-state index >= 15 is 0 Å². The maximum absolute atomic E-state index is 12.5. The van der Waals surface area contributed by atoms with Crippen LogP contribution in [-0.2, 0) is 4.79 Å². The van der Waals surface area contributed by atoms with Crippen LogP contribution in [0.25, 0.3) is 6.08 Å². The molecule has 0 aliphatic heterocycles. The molecule has 2 aromatic rings. The predicted octanol–water partition coefficient (Wildman–Crippen LogP) is 5.70. The average molecular weight is 523 g/mol. The molecule has 0 unspecified atom stereocenters. The van der Waals surface area contributed by atoms with Gasteiger partial charge in [-0.05, 0) is 46.1 Å². The van der Waals surface area contributed by atoms with Crippen molar-refractivity contribution in [3.05, 3.63) is 66.6 Å². The topological polar surface area (TPSA) is 105 Å². The zero-order valence-electron chi connectivity index (χ0n) is 15.6. The molecule has 1 N–H and O–H groups in total. The first kappa shape index (κ1) is 22.6. The number of hydrogen-bond donors (Lipinski definition) is 1. The molecule has 2 aromatic carbocycles. The Kier molecular flexibility index (Phi) is 7.93. The van der Waals surface area contributed by atoms with Gasteiger partial charge in [0.2, 0.25) is 0 Å². The van der Waals surface area contributed by atoms with E-state index in [4.69, 9.17) is 4.74 Å². The van der Waals surface area contributed by atoms with Crippen LogP contribution in [0.2, 0.25) is 0 Å². The number of nitrogens with zero attached hydrogens (tertiary/aromatic N) is 2. The fourth-order valence-corrected chi connectivity index (χ4v) is 3.66. The first-order chi connectivity index (χ1) is 13.7. The van der Waals surface area contributed by atoms with E-state index in [0.29, 0.717) is 22.4 Å². The molecule has 0 atom stereocenters. The lowest BCUT2D eigenvalue weighted by Crippen LogP contribution is -2.13. The Hall–Kier alpha value is -2.70. The minimum absolute atomic E-state index is 0.162. The maximum atomic E-state index is 12.5. The highest BCUT2D eigenvalue weighted by Crippen LogP contribution is 2.34. The second-order valence-corrected chi connectivity index (χ2v) is 8.21. The Morgan fingerprint density at radius 2 is 2.07 bits per heavy atom. The van der Waals surface area contributed by atoms with Gasteiger partial charge in [0.1, 0.15) is 17.4 Å². The molecule has 0 radical (unpaired) electrons. The lowest BCUT2D eigenvalue weighted by atomic mass is 10.1. The van der Waals surface area contributed by atoms with Crippen LogP contribution < -0.4 is 10.1 Å². The maximum Gasteiger partial charge on any atom is 0.271 e. The first-order valence-corrected chi connectivity index (χ1v) is 10.1. The van der Waals surface area contributed by atoms with Crippen molar-refractivity contribution in [2.75, 3.05) is 11.9 Å². The molecule has 29 heavy (non-hydrogen) atoms. The molecule has 0 aromatic heterocycles. The number of non-ortho nitro benzene ring substituents is 1. The highest BCUT2D eigenvalue weighted by atomic mass is 79.9. The molecule has 0 bridgehead atoms. The van der Waals surface area contributed by atoms with Crippen LogP contribution in [0.5, 0.6) is 5.75 Å². The number of nitro benzene ring substituents is 1. The van der Waals surface area contributed by atoms with Gasteiger partial charge in [0.05, 0.1) is 16.0 Å². The molecule has 0 fully saturated rings. The Bertz CT molecular complexity index is 1010. The van der Waals surface area contributed by atoms with Gasteiger partial charge in [0, 0.05) is 27.9 Å². The molecule has 2 rings (SSSR count). The average Bonchev–Trinajstić information content (AvgIpc) is 2.65. The van der Waals surface area contributed by atoms with Gasteiger partial charge < -0.3 is 10.1 Å². The highest BCUT2D eigenvalue weighted by Gasteiger charge is 2.15. The van der Waals surface area contributed by atoms with Crippen molar-refractivity contribution >= 4 is 55.2 Å². The van der Waals surface area contributed by atoms with Gasteiger partial charge >= 0.3 is 0 Å². The van der Waals surface area contributed by atoms with E-state index in [1.165, 1.54) is 30.3 Å². The monoisotopic (exact) mass is 521 g/mol. The summed E-state index contributed by atoms with van der Waals surface area (Å²) >= 11 is 6.83. The van der Waals surface area contributed by atoms with Gasteiger partial charge in [0.25, 0.3) is 11.6 Å². The van der Waals surface area contributed by atoms with Crippen LogP contribution >= 0.6 is 31.9 Å². The van der Waals surface area contributed by atoms with Crippen molar-refractivity contribution in [3.63, 3.8) is 0 Å². The van der Waals surface area contributed by atoms with Crippen LogP contribution in [-0.4, -0.2) is 17.4 Å². The van der Waals surface area contributed by atoms with E-state index < -0.39 is 10.8 Å². The number of rotatable bonds is 7. The Balaban J connectivity index is 2.36. The summed E-state index contributed by atoms with van der Waals surface area (Å²) in [6, 6.07) is 10.9. The Labute approximate surface area is 184 Å². The van der Waals surface area contributed by atoms with E-state index in [2.05, 4.69) is 37.2 Å². The van der Waals surface area contributed by atoms with Crippen molar-refractivity contribution < 1.29 is 14.5 Å². The number of nitriles is 1. The van der Waals surface area contributed by atoms with E-state index in [1.807, 2.05) is 26.0 Å². The van der Waals surface area contributed by atoms with Gasteiger partial charge in [-0.1, -0.05) is 35.8 Å². The molecule has 1 amide bonds. The fraction of sp³-hybridized carbons (Fsp3) is 0.200. The molecule has 0 heterocycles. The number of anilines is 1. The van der Waals surface area contributed by atoms with Crippen LogP contribution in [0.3, 0.4) is 0 Å². The summed E-state index contributed by atoms with van der Waals surface area (Å²) < 4.78 is 7.26. The highest BCUT2D eigenvalue weighted by molar-refractivity contribution is 9.11. The third-order valence-corrected chi connectivity index (χ3v) is 4.62. The normalized spacial score (nSPS) is 11.1. The Morgan fingerprint density at radius 1 is 1.34 bits per heavy atom.